The fourth-order valence-electron chi connectivity index (χ4n) is 8.37. The molecule has 66 heavy (non-hydrogen) atoms. The minimum absolute atomic E-state index is 0.0327. The third-order valence-corrected chi connectivity index (χ3v) is 11.9. The summed E-state index contributed by atoms with van der Waals surface area (Å²) in [6, 6.07) is 26.7. The van der Waals surface area contributed by atoms with Crippen molar-refractivity contribution in [3.05, 3.63) is 124 Å². The van der Waals surface area contributed by atoms with E-state index in [4.69, 9.17) is 9.47 Å². The Hall–Kier alpha value is -7.92. The number of likely N-dealkylation sites (N-methyl/N-ethyl adjacent to an activating group) is 3. The number of hydrogen-bond acceptors (Lipinski definition) is 13. The van der Waals surface area contributed by atoms with Crippen LogP contribution in [0.4, 0.5) is 28.4 Å². The van der Waals surface area contributed by atoms with Gasteiger partial charge in [0.15, 0.2) is 29.3 Å². The normalized spacial score (nSPS) is 15.8. The highest BCUT2D eigenvalue weighted by Crippen LogP contribution is 2.41. The van der Waals surface area contributed by atoms with E-state index in [9.17, 15) is 34.2 Å². The van der Waals surface area contributed by atoms with Crippen LogP contribution in [-0.4, -0.2) is 106 Å². The van der Waals surface area contributed by atoms with Crippen molar-refractivity contribution in [2.45, 2.75) is 38.1 Å². The van der Waals surface area contributed by atoms with Crippen LogP contribution in [0.1, 0.15) is 43.0 Å². The molecule has 0 fully saturated rings. The number of ether oxygens (including phenoxy) is 2. The Morgan fingerprint density at radius 1 is 0.833 bits per heavy atom. The Kier molecular flexibility index (Phi) is 13.2. The largest absolute Gasteiger partial charge is 0.504 e. The molecular weight excluding hydrogens is 845 g/mol. The summed E-state index contributed by atoms with van der Waals surface area (Å²) in [5.74, 6) is -1.96. The quantitative estimate of drug-likeness (QED) is 0.0467. The molecular formula is C49H50N8O9. The van der Waals surface area contributed by atoms with Gasteiger partial charge in [-0.2, -0.15) is 0 Å². The average molecular weight is 895 g/mol. The lowest BCUT2D eigenvalue weighted by Crippen LogP contribution is -2.43. The van der Waals surface area contributed by atoms with Crippen molar-refractivity contribution in [1.82, 2.24) is 16.0 Å². The van der Waals surface area contributed by atoms with Crippen LogP contribution in [0.3, 0.4) is 0 Å². The Morgan fingerprint density at radius 3 is 2.17 bits per heavy atom. The summed E-state index contributed by atoms with van der Waals surface area (Å²) in [5.41, 5.74) is 7.04. The highest BCUT2D eigenvalue weighted by Gasteiger charge is 2.37. The van der Waals surface area contributed by atoms with E-state index >= 15 is 0 Å². The van der Waals surface area contributed by atoms with Gasteiger partial charge in [-0.05, 0) is 84.6 Å². The maximum Gasteiger partial charge on any atom is 0.260 e. The molecule has 340 valence electrons. The Bertz CT molecular complexity index is 2740. The zero-order valence-corrected chi connectivity index (χ0v) is 36.7. The summed E-state index contributed by atoms with van der Waals surface area (Å²) in [6.07, 6.45) is 3.83. The summed E-state index contributed by atoms with van der Waals surface area (Å²) < 4.78 is 12.3. The van der Waals surface area contributed by atoms with Crippen molar-refractivity contribution in [2.75, 3.05) is 67.3 Å². The van der Waals surface area contributed by atoms with Crippen molar-refractivity contribution >= 4 is 64.6 Å². The van der Waals surface area contributed by atoms with Crippen LogP contribution >= 0.6 is 0 Å². The van der Waals surface area contributed by atoms with Crippen molar-refractivity contribution in [3.63, 3.8) is 0 Å². The number of aliphatic imine (C=N–C) groups is 1. The number of phenolic OH excluding ortho intramolecular Hbond substituents is 2. The Labute approximate surface area is 381 Å². The highest BCUT2D eigenvalue weighted by molar-refractivity contribution is 6.12. The van der Waals surface area contributed by atoms with Gasteiger partial charge in [0.25, 0.3) is 5.91 Å². The van der Waals surface area contributed by atoms with Crippen molar-refractivity contribution in [3.8, 4) is 23.0 Å². The monoisotopic (exact) mass is 894 g/mol. The first-order valence-corrected chi connectivity index (χ1v) is 21.4. The van der Waals surface area contributed by atoms with Gasteiger partial charge >= 0.3 is 0 Å². The number of rotatable bonds is 16. The lowest BCUT2D eigenvalue weighted by atomic mass is 10.1. The molecule has 0 aromatic heterocycles. The van der Waals surface area contributed by atoms with Gasteiger partial charge in [0.05, 0.1) is 48.7 Å². The lowest BCUT2D eigenvalue weighted by Gasteiger charge is -2.22. The Balaban J connectivity index is 1.01. The molecule has 0 saturated carbocycles. The first-order valence-electron chi connectivity index (χ1n) is 21.4. The maximum absolute atomic E-state index is 13.9. The van der Waals surface area contributed by atoms with Gasteiger partial charge in [-0.15, -0.1) is 0 Å². The molecule has 3 aliphatic heterocycles. The summed E-state index contributed by atoms with van der Waals surface area (Å²) in [4.78, 5) is 73.5. The summed E-state index contributed by atoms with van der Waals surface area (Å²) in [6.45, 7) is -0.358. The zero-order valence-electron chi connectivity index (χ0n) is 36.7. The van der Waals surface area contributed by atoms with E-state index in [-0.39, 0.29) is 85.3 Å². The summed E-state index contributed by atoms with van der Waals surface area (Å²) in [7, 11) is 5.12. The molecule has 0 spiro atoms. The van der Waals surface area contributed by atoms with Gasteiger partial charge in [-0.1, -0.05) is 36.4 Å². The predicted octanol–water partition coefficient (Wildman–Crippen LogP) is 4.24. The van der Waals surface area contributed by atoms with Crippen LogP contribution in [0.25, 0.3) is 0 Å². The van der Waals surface area contributed by atoms with E-state index < -0.39 is 11.8 Å². The number of nitrogens with one attached hydrogen (secondary N) is 4. The third-order valence-electron chi connectivity index (χ3n) is 11.9. The number of anilines is 4. The molecule has 6 N–H and O–H groups in total. The van der Waals surface area contributed by atoms with Crippen LogP contribution in [0, 0.1) is 0 Å². The first-order chi connectivity index (χ1) is 31.9. The van der Waals surface area contributed by atoms with Crippen LogP contribution in [-0.2, 0) is 40.4 Å². The van der Waals surface area contributed by atoms with Crippen molar-refractivity contribution < 1.29 is 43.7 Å². The number of hydrogen-bond donors (Lipinski definition) is 6. The second-order valence-corrected chi connectivity index (χ2v) is 16.3. The highest BCUT2D eigenvalue weighted by atomic mass is 16.5. The molecule has 5 aromatic rings. The van der Waals surface area contributed by atoms with Gasteiger partial charge in [0, 0.05) is 61.6 Å². The van der Waals surface area contributed by atoms with Gasteiger partial charge in [0.1, 0.15) is 13.2 Å². The van der Waals surface area contributed by atoms with Gasteiger partial charge in [-0.25, -0.2) is 0 Å². The van der Waals surface area contributed by atoms with Crippen LogP contribution < -0.4 is 45.4 Å². The smallest absolute Gasteiger partial charge is 0.260 e. The van der Waals surface area contributed by atoms with E-state index in [0.717, 1.165) is 23.4 Å². The molecule has 3 aliphatic rings. The van der Waals surface area contributed by atoms with Gasteiger partial charge < -0.3 is 55.7 Å². The number of fused-ring (bicyclic) bond motifs is 5. The fourth-order valence-corrected chi connectivity index (χ4v) is 8.37. The van der Waals surface area contributed by atoms with E-state index in [0.29, 0.717) is 53.0 Å². The molecule has 0 bridgehead atoms. The second-order valence-electron chi connectivity index (χ2n) is 16.3. The van der Waals surface area contributed by atoms with E-state index in [1.807, 2.05) is 49.5 Å². The Morgan fingerprint density at radius 2 is 1.47 bits per heavy atom. The first kappa shape index (κ1) is 44.7. The van der Waals surface area contributed by atoms with E-state index in [2.05, 4.69) is 37.2 Å². The molecule has 4 amide bonds. The van der Waals surface area contributed by atoms with Crippen LogP contribution in [0.5, 0.6) is 23.0 Å². The summed E-state index contributed by atoms with van der Waals surface area (Å²) >= 11 is 0. The van der Waals surface area contributed by atoms with Gasteiger partial charge in [-0.3, -0.25) is 29.0 Å². The number of carbonyl (C=O) groups is 5. The molecule has 0 radical (unpaired) electrons. The molecule has 0 saturated heterocycles. The third kappa shape index (κ3) is 9.61. The number of amides is 4. The maximum atomic E-state index is 13.9. The number of aromatic hydroxyl groups is 2. The second kappa shape index (κ2) is 19.4. The topological polar surface area (TPSA) is 214 Å². The minimum Gasteiger partial charge on any atom is -0.504 e. The number of aldehydes is 1. The van der Waals surface area contributed by atoms with Crippen molar-refractivity contribution in [1.29, 1.82) is 0 Å². The predicted molar refractivity (Wildman–Crippen MR) is 250 cm³/mol. The standard InChI is InChI=1S/C49H50N8O9/c1-50-23-46(61)53-24-47(62)54-25-48(63)56(3)34-13-29(27-65-44-19-38(33(26-58)17-42(44)59)51-21-35-15-31-8-4-6-10-40(31)55(35)2)12-30(14-34)28-66-45-20-39-37(18-43(45)60)49(64)57-36(22-52-39)16-32-9-5-7-11-41(32)57/h4-14,17-21,26,35-36,50,52,59-60H,15-16,22-25,27-28H2,1-3H3,(H,53,61)(H,54,62)/b51-21-/t35-,36?/m0/s1. The number of carbonyl (C=O) groups excluding carboxylic acids is 5. The van der Waals surface area contributed by atoms with Crippen LogP contribution in [0.15, 0.2) is 96.0 Å². The average Bonchev–Trinajstić information content (AvgIpc) is 3.82. The molecule has 17 heteroatoms. The molecule has 17 nitrogen and oxygen atoms in total. The van der Waals surface area contributed by atoms with Gasteiger partial charge in [0.2, 0.25) is 17.7 Å². The molecule has 5 aromatic carbocycles. The zero-order chi connectivity index (χ0) is 46.5. The molecule has 0 aliphatic carbocycles. The van der Waals surface area contributed by atoms with E-state index in [1.165, 1.54) is 35.7 Å². The molecule has 2 atom stereocenters. The minimum atomic E-state index is -0.552. The molecule has 1 unspecified atom stereocenters. The molecule has 3 heterocycles. The lowest BCUT2D eigenvalue weighted by molar-refractivity contribution is -0.126. The number of benzene rings is 5. The van der Waals surface area contributed by atoms with Crippen molar-refractivity contribution in [2.24, 2.45) is 4.99 Å². The fraction of sp³-hybridized carbons (Fsp3) is 0.265. The summed E-state index contributed by atoms with van der Waals surface area (Å²) in [5, 5.41) is 33.2. The van der Waals surface area contributed by atoms with E-state index in [1.54, 1.807) is 42.4 Å². The van der Waals surface area contributed by atoms with Crippen LogP contribution in [0.2, 0.25) is 0 Å². The number of phenols is 2. The number of para-hydroxylation sites is 2. The molecule has 8 rings (SSSR count). The SMILES string of the molecule is CNCC(=O)NCC(=O)NCC(=O)N(C)c1cc(COc2cc(/N=C\[C@@H]3Cc4ccccc4N3C)c(C=O)cc2O)cc(COc2cc3c(cc2O)C(=O)N2c4ccccc4CC2CN3)c1. The number of nitrogens with zero attached hydrogens (tertiary/aromatic N) is 4.